The minimum Gasteiger partial charge on any atom is -0.457 e. The van der Waals surface area contributed by atoms with Crippen LogP contribution in [-0.2, 0) is 6.42 Å². The van der Waals surface area contributed by atoms with Gasteiger partial charge in [-0.05, 0) is 39.5 Å². The van der Waals surface area contributed by atoms with Gasteiger partial charge in [-0.3, -0.25) is 4.79 Å². The lowest BCUT2D eigenvalue weighted by Gasteiger charge is -2.36. The number of hydrogen-bond donors (Lipinski definition) is 1. The average molecular weight is 335 g/mol. The first-order valence-electron chi connectivity index (χ1n) is 6.54. The van der Waals surface area contributed by atoms with Crippen molar-refractivity contribution in [2.75, 3.05) is 13.1 Å². The molecule has 0 saturated carbocycles. The summed E-state index contributed by atoms with van der Waals surface area (Å²) in [6, 6.07) is 9.78. The first-order chi connectivity index (χ1) is 9.72. The first-order valence-corrected chi connectivity index (χ1v) is 7.33. The highest BCUT2D eigenvalue weighted by Gasteiger charge is 2.31. The number of carbonyl (C=O) groups is 1. The van der Waals surface area contributed by atoms with E-state index in [1.165, 1.54) is 11.8 Å². The van der Waals surface area contributed by atoms with Gasteiger partial charge in [-0.2, -0.15) is 0 Å². The van der Waals surface area contributed by atoms with Crippen molar-refractivity contribution in [2.24, 2.45) is 5.73 Å². The van der Waals surface area contributed by atoms with Gasteiger partial charge in [0.05, 0.1) is 17.9 Å². The molecule has 3 rings (SSSR count). The highest BCUT2D eigenvalue weighted by molar-refractivity contribution is 9.10. The number of rotatable bonds is 2. The lowest BCUT2D eigenvalue weighted by molar-refractivity contribution is 0.0665. The first kappa shape index (κ1) is 13.4. The van der Waals surface area contributed by atoms with E-state index < -0.39 is 0 Å². The van der Waals surface area contributed by atoms with Crippen molar-refractivity contribution in [1.82, 2.24) is 4.90 Å². The second kappa shape index (κ2) is 5.42. The normalized spacial score (nSPS) is 17.9. The molecule has 0 saturated heterocycles. The van der Waals surface area contributed by atoms with Crippen molar-refractivity contribution in [3.05, 3.63) is 58.0 Å². The Kier molecular flexibility index (Phi) is 3.63. The van der Waals surface area contributed by atoms with Crippen molar-refractivity contribution in [3.8, 4) is 0 Å². The number of fused-ring (bicyclic) bond motifs is 1. The quantitative estimate of drug-likeness (QED) is 0.918. The third-order valence-corrected chi connectivity index (χ3v) is 4.36. The molecule has 1 aromatic carbocycles. The SMILES string of the molecule is NCC1c2ccccc2CCN1C(=O)c1ccoc1Br. The van der Waals surface area contributed by atoms with Crippen LogP contribution in [0.3, 0.4) is 0 Å². The van der Waals surface area contributed by atoms with E-state index in [1.54, 1.807) is 6.07 Å². The fourth-order valence-corrected chi connectivity index (χ4v) is 3.16. The van der Waals surface area contributed by atoms with Crippen LogP contribution in [0.2, 0.25) is 0 Å². The summed E-state index contributed by atoms with van der Waals surface area (Å²) in [6.07, 6.45) is 2.36. The number of furan rings is 1. The van der Waals surface area contributed by atoms with E-state index in [-0.39, 0.29) is 11.9 Å². The van der Waals surface area contributed by atoms with Crippen LogP contribution < -0.4 is 5.73 Å². The Morgan fingerprint density at radius 2 is 2.20 bits per heavy atom. The molecule has 2 aromatic rings. The summed E-state index contributed by atoms with van der Waals surface area (Å²) >= 11 is 3.26. The van der Waals surface area contributed by atoms with Gasteiger partial charge in [-0.25, -0.2) is 0 Å². The minimum absolute atomic E-state index is 0.0458. The van der Waals surface area contributed by atoms with Crippen LogP contribution >= 0.6 is 15.9 Å². The number of hydrogen-bond acceptors (Lipinski definition) is 3. The Labute approximate surface area is 125 Å². The fraction of sp³-hybridized carbons (Fsp3) is 0.267. The van der Waals surface area contributed by atoms with Crippen molar-refractivity contribution in [2.45, 2.75) is 12.5 Å². The summed E-state index contributed by atoms with van der Waals surface area (Å²) in [5, 5.41) is 0. The van der Waals surface area contributed by atoms with E-state index in [0.29, 0.717) is 23.3 Å². The number of benzene rings is 1. The Morgan fingerprint density at radius 3 is 2.90 bits per heavy atom. The van der Waals surface area contributed by atoms with E-state index in [2.05, 4.69) is 28.1 Å². The molecular weight excluding hydrogens is 320 g/mol. The molecule has 5 heteroatoms. The lowest BCUT2D eigenvalue weighted by atomic mass is 9.92. The van der Waals surface area contributed by atoms with E-state index in [0.717, 1.165) is 12.0 Å². The number of nitrogens with zero attached hydrogens (tertiary/aromatic N) is 1. The molecule has 0 spiro atoms. The molecule has 20 heavy (non-hydrogen) atoms. The molecule has 1 unspecified atom stereocenters. The number of carbonyl (C=O) groups excluding carboxylic acids is 1. The molecule has 2 heterocycles. The predicted octanol–water partition coefficient (Wildman–Crippen LogP) is 2.74. The molecule has 0 bridgehead atoms. The van der Waals surface area contributed by atoms with Crippen molar-refractivity contribution >= 4 is 21.8 Å². The maximum Gasteiger partial charge on any atom is 0.258 e. The van der Waals surface area contributed by atoms with Crippen molar-refractivity contribution < 1.29 is 9.21 Å². The van der Waals surface area contributed by atoms with Gasteiger partial charge in [-0.15, -0.1) is 0 Å². The Hall–Kier alpha value is -1.59. The smallest absolute Gasteiger partial charge is 0.258 e. The highest BCUT2D eigenvalue weighted by Crippen LogP contribution is 2.31. The van der Waals surface area contributed by atoms with Crippen LogP contribution in [0.25, 0.3) is 0 Å². The lowest BCUT2D eigenvalue weighted by Crippen LogP contribution is -2.43. The monoisotopic (exact) mass is 334 g/mol. The van der Waals surface area contributed by atoms with E-state index in [4.69, 9.17) is 10.2 Å². The van der Waals surface area contributed by atoms with Crippen LogP contribution in [0, 0.1) is 0 Å². The van der Waals surface area contributed by atoms with Gasteiger partial charge in [0.1, 0.15) is 0 Å². The standard InChI is InChI=1S/C15H15BrN2O2/c16-14-12(6-8-20-14)15(19)18-7-5-10-3-1-2-4-11(10)13(18)9-17/h1-4,6,8,13H,5,7,9,17H2. The van der Waals surface area contributed by atoms with Gasteiger partial charge in [0.2, 0.25) is 0 Å². The Bertz CT molecular complexity index is 638. The maximum absolute atomic E-state index is 12.6. The third-order valence-electron chi connectivity index (χ3n) is 3.74. The highest BCUT2D eigenvalue weighted by atomic mass is 79.9. The molecule has 2 N–H and O–H groups in total. The van der Waals surface area contributed by atoms with Gasteiger partial charge in [0.25, 0.3) is 5.91 Å². The van der Waals surface area contributed by atoms with Crippen LogP contribution in [0.15, 0.2) is 45.7 Å². The molecule has 1 amide bonds. The van der Waals surface area contributed by atoms with Gasteiger partial charge in [0.15, 0.2) is 4.67 Å². The third kappa shape index (κ3) is 2.17. The molecule has 4 nitrogen and oxygen atoms in total. The Morgan fingerprint density at radius 1 is 1.40 bits per heavy atom. The van der Waals surface area contributed by atoms with Gasteiger partial charge >= 0.3 is 0 Å². The zero-order chi connectivity index (χ0) is 14.1. The second-order valence-electron chi connectivity index (χ2n) is 4.81. The largest absolute Gasteiger partial charge is 0.457 e. The second-order valence-corrected chi connectivity index (χ2v) is 5.53. The van der Waals surface area contributed by atoms with E-state index >= 15 is 0 Å². The molecule has 1 aromatic heterocycles. The zero-order valence-electron chi connectivity index (χ0n) is 10.9. The number of nitrogens with two attached hydrogens (primary N) is 1. The summed E-state index contributed by atoms with van der Waals surface area (Å²) in [4.78, 5) is 14.5. The molecule has 1 aliphatic heterocycles. The summed E-state index contributed by atoms with van der Waals surface area (Å²) in [6.45, 7) is 1.09. The van der Waals surface area contributed by atoms with E-state index in [9.17, 15) is 4.79 Å². The topological polar surface area (TPSA) is 59.5 Å². The molecule has 0 aliphatic carbocycles. The number of amides is 1. The van der Waals surface area contributed by atoms with Crippen molar-refractivity contribution in [1.29, 1.82) is 0 Å². The van der Waals surface area contributed by atoms with Gasteiger partial charge in [0, 0.05) is 13.1 Å². The van der Waals surface area contributed by atoms with Crippen LogP contribution in [-0.4, -0.2) is 23.9 Å². The average Bonchev–Trinajstić information content (AvgIpc) is 2.91. The van der Waals surface area contributed by atoms with Gasteiger partial charge < -0.3 is 15.1 Å². The summed E-state index contributed by atoms with van der Waals surface area (Å²) in [5.74, 6) is -0.0458. The molecule has 104 valence electrons. The van der Waals surface area contributed by atoms with Crippen molar-refractivity contribution in [3.63, 3.8) is 0 Å². The zero-order valence-corrected chi connectivity index (χ0v) is 12.5. The Balaban J connectivity index is 1.96. The molecule has 0 radical (unpaired) electrons. The van der Waals surface area contributed by atoms with Crippen LogP contribution in [0.5, 0.6) is 0 Å². The molecule has 1 aliphatic rings. The van der Waals surface area contributed by atoms with E-state index in [1.807, 2.05) is 17.0 Å². The maximum atomic E-state index is 12.6. The predicted molar refractivity (Wildman–Crippen MR) is 79.4 cm³/mol. The molecule has 1 atom stereocenters. The fourth-order valence-electron chi connectivity index (χ4n) is 2.75. The van der Waals surface area contributed by atoms with Gasteiger partial charge in [-0.1, -0.05) is 24.3 Å². The van der Waals surface area contributed by atoms with Crippen LogP contribution in [0.4, 0.5) is 0 Å². The summed E-state index contributed by atoms with van der Waals surface area (Å²) in [7, 11) is 0. The molecule has 0 fully saturated rings. The number of halogens is 1. The minimum atomic E-state index is -0.0748. The summed E-state index contributed by atoms with van der Waals surface area (Å²) < 4.78 is 5.62. The molecular formula is C15H15BrN2O2. The van der Waals surface area contributed by atoms with Crippen LogP contribution in [0.1, 0.15) is 27.5 Å². The summed E-state index contributed by atoms with van der Waals surface area (Å²) in [5.41, 5.74) is 8.88.